The highest BCUT2D eigenvalue weighted by molar-refractivity contribution is 5.92. The third kappa shape index (κ3) is 6.67. The van der Waals surface area contributed by atoms with Gasteiger partial charge in [-0.05, 0) is 42.3 Å². The van der Waals surface area contributed by atoms with E-state index in [1.807, 2.05) is 62.4 Å². The number of carbonyl (C=O) groups excluding carboxylic acids is 1. The fourth-order valence-electron chi connectivity index (χ4n) is 2.24. The summed E-state index contributed by atoms with van der Waals surface area (Å²) in [5.74, 6) is 0.509. The number of rotatable bonds is 8. The van der Waals surface area contributed by atoms with Crippen LogP contribution in [-0.2, 0) is 22.7 Å². The zero-order chi connectivity index (χ0) is 18.2. The lowest BCUT2D eigenvalue weighted by molar-refractivity contribution is -0.119. The van der Waals surface area contributed by atoms with Gasteiger partial charge in [-0.3, -0.25) is 4.79 Å². The summed E-state index contributed by atoms with van der Waals surface area (Å²) in [5, 5.41) is 2.90. The van der Waals surface area contributed by atoms with Crippen molar-refractivity contribution in [3.63, 3.8) is 0 Å². The van der Waals surface area contributed by atoms with Gasteiger partial charge in [0.15, 0.2) is 0 Å². The topological polar surface area (TPSA) is 73.6 Å². The number of ether oxygens (including phenoxy) is 2. The Kier molecular flexibility index (Phi) is 9.13. The number of halogens is 1. The maximum Gasteiger partial charge on any atom is 0.228 e. The SMILES string of the molecule is COc1ccc(COCc2cccc(NC(=O)C(C)C(C)N)c2)cc1.Cl. The quantitative estimate of drug-likeness (QED) is 0.733. The van der Waals surface area contributed by atoms with Crippen LogP contribution in [0.5, 0.6) is 5.75 Å². The van der Waals surface area contributed by atoms with Crippen molar-refractivity contribution in [1.29, 1.82) is 0 Å². The van der Waals surface area contributed by atoms with E-state index in [1.54, 1.807) is 7.11 Å². The van der Waals surface area contributed by atoms with Crippen LogP contribution in [0.4, 0.5) is 5.69 Å². The number of nitrogens with two attached hydrogens (primary N) is 1. The second-order valence-electron chi connectivity index (χ2n) is 6.18. The van der Waals surface area contributed by atoms with Gasteiger partial charge in [-0.2, -0.15) is 0 Å². The molecule has 1 amide bonds. The van der Waals surface area contributed by atoms with E-state index in [4.69, 9.17) is 15.2 Å². The minimum Gasteiger partial charge on any atom is -0.497 e. The Labute approximate surface area is 161 Å². The molecule has 2 aromatic rings. The van der Waals surface area contributed by atoms with E-state index in [9.17, 15) is 4.79 Å². The summed E-state index contributed by atoms with van der Waals surface area (Å²) in [4.78, 5) is 12.1. The maximum absolute atomic E-state index is 12.1. The molecule has 0 aliphatic rings. The molecule has 0 radical (unpaired) electrons. The van der Waals surface area contributed by atoms with Crippen LogP contribution in [0.1, 0.15) is 25.0 Å². The highest BCUT2D eigenvalue weighted by atomic mass is 35.5. The van der Waals surface area contributed by atoms with Gasteiger partial charge in [0.1, 0.15) is 5.75 Å². The smallest absolute Gasteiger partial charge is 0.228 e. The number of hydrogen-bond acceptors (Lipinski definition) is 4. The number of nitrogens with one attached hydrogen (secondary N) is 1. The summed E-state index contributed by atoms with van der Waals surface area (Å²) in [6.07, 6.45) is 0. The first-order chi connectivity index (χ1) is 12.0. The Morgan fingerprint density at radius 3 is 2.35 bits per heavy atom. The molecule has 6 heteroatoms. The fourth-order valence-corrected chi connectivity index (χ4v) is 2.24. The summed E-state index contributed by atoms with van der Waals surface area (Å²) < 4.78 is 10.9. The van der Waals surface area contributed by atoms with Gasteiger partial charge in [0.2, 0.25) is 5.91 Å². The monoisotopic (exact) mass is 378 g/mol. The Hall–Kier alpha value is -2.08. The number of benzene rings is 2. The number of hydrogen-bond donors (Lipinski definition) is 2. The van der Waals surface area contributed by atoms with Crippen LogP contribution in [0.3, 0.4) is 0 Å². The molecule has 0 aliphatic carbocycles. The number of amides is 1. The first-order valence-electron chi connectivity index (χ1n) is 8.35. The molecule has 2 aromatic carbocycles. The van der Waals surface area contributed by atoms with Crippen LogP contribution in [0, 0.1) is 5.92 Å². The lowest BCUT2D eigenvalue weighted by Gasteiger charge is -2.15. The molecule has 2 atom stereocenters. The molecule has 0 aliphatic heterocycles. The van der Waals surface area contributed by atoms with Crippen molar-refractivity contribution in [3.8, 4) is 5.75 Å². The van der Waals surface area contributed by atoms with E-state index < -0.39 is 0 Å². The molecule has 142 valence electrons. The largest absolute Gasteiger partial charge is 0.497 e. The number of methoxy groups -OCH3 is 1. The molecule has 2 unspecified atom stereocenters. The molecule has 5 nitrogen and oxygen atoms in total. The standard InChI is InChI=1S/C20H26N2O3.ClH/c1-14(15(2)21)20(23)22-18-6-4-5-17(11-18)13-25-12-16-7-9-19(24-3)10-8-16;/h4-11,14-15H,12-13,21H2,1-3H3,(H,22,23);1H. The van der Waals surface area contributed by atoms with Crippen LogP contribution >= 0.6 is 12.4 Å². The van der Waals surface area contributed by atoms with Crippen molar-refractivity contribution in [2.75, 3.05) is 12.4 Å². The molecule has 2 rings (SSSR count). The van der Waals surface area contributed by atoms with Crippen molar-refractivity contribution in [3.05, 3.63) is 59.7 Å². The van der Waals surface area contributed by atoms with Gasteiger partial charge >= 0.3 is 0 Å². The Morgan fingerprint density at radius 1 is 1.08 bits per heavy atom. The fraction of sp³-hybridized carbons (Fsp3) is 0.350. The minimum atomic E-state index is -0.241. The van der Waals surface area contributed by atoms with Crippen molar-refractivity contribution in [2.45, 2.75) is 33.1 Å². The van der Waals surface area contributed by atoms with Crippen LogP contribution in [-0.4, -0.2) is 19.1 Å². The van der Waals surface area contributed by atoms with Gasteiger partial charge in [0.25, 0.3) is 0 Å². The summed E-state index contributed by atoms with van der Waals surface area (Å²) in [6, 6.07) is 15.2. The molecular formula is C20H27ClN2O3. The van der Waals surface area contributed by atoms with Crippen molar-refractivity contribution < 1.29 is 14.3 Å². The zero-order valence-corrected chi connectivity index (χ0v) is 16.2. The van der Waals surface area contributed by atoms with Gasteiger partial charge in [-0.25, -0.2) is 0 Å². The van der Waals surface area contributed by atoms with E-state index in [1.165, 1.54) is 0 Å². The van der Waals surface area contributed by atoms with Crippen LogP contribution in [0.2, 0.25) is 0 Å². The van der Waals surface area contributed by atoms with Gasteiger partial charge in [-0.1, -0.05) is 31.2 Å². The third-order valence-electron chi connectivity index (χ3n) is 4.09. The Balaban J connectivity index is 0.00000338. The molecule has 0 saturated heterocycles. The summed E-state index contributed by atoms with van der Waals surface area (Å²) >= 11 is 0. The van der Waals surface area contributed by atoms with Crippen molar-refractivity contribution >= 4 is 24.0 Å². The molecule has 0 bridgehead atoms. The normalized spacial score (nSPS) is 12.6. The average Bonchev–Trinajstić information content (AvgIpc) is 2.62. The molecule has 0 heterocycles. The Bertz CT molecular complexity index is 690. The Morgan fingerprint density at radius 2 is 1.73 bits per heavy atom. The van der Waals surface area contributed by atoms with Crippen LogP contribution in [0.15, 0.2) is 48.5 Å². The van der Waals surface area contributed by atoms with E-state index in [0.29, 0.717) is 13.2 Å². The van der Waals surface area contributed by atoms with Gasteiger partial charge in [-0.15, -0.1) is 12.4 Å². The zero-order valence-electron chi connectivity index (χ0n) is 15.4. The predicted molar refractivity (Wildman–Crippen MR) is 107 cm³/mol. The van der Waals surface area contributed by atoms with Crippen molar-refractivity contribution in [1.82, 2.24) is 0 Å². The number of anilines is 1. The highest BCUT2D eigenvalue weighted by Crippen LogP contribution is 2.15. The highest BCUT2D eigenvalue weighted by Gasteiger charge is 2.16. The predicted octanol–water partition coefficient (Wildman–Crippen LogP) is 3.76. The molecule has 0 aromatic heterocycles. The maximum atomic E-state index is 12.1. The molecule has 26 heavy (non-hydrogen) atoms. The van der Waals surface area contributed by atoms with Crippen LogP contribution in [0.25, 0.3) is 0 Å². The molecule has 0 saturated carbocycles. The lowest BCUT2D eigenvalue weighted by atomic mass is 10.0. The lowest BCUT2D eigenvalue weighted by Crippen LogP contribution is -2.34. The number of carbonyl (C=O) groups is 1. The third-order valence-corrected chi connectivity index (χ3v) is 4.09. The van der Waals surface area contributed by atoms with Gasteiger partial charge in [0.05, 0.1) is 26.2 Å². The van der Waals surface area contributed by atoms with Crippen LogP contribution < -0.4 is 15.8 Å². The van der Waals surface area contributed by atoms with Gasteiger partial charge in [0, 0.05) is 11.7 Å². The average molecular weight is 379 g/mol. The minimum absolute atomic E-state index is 0. The van der Waals surface area contributed by atoms with Gasteiger partial charge < -0.3 is 20.5 Å². The van der Waals surface area contributed by atoms with E-state index in [2.05, 4.69) is 5.32 Å². The summed E-state index contributed by atoms with van der Waals surface area (Å²) in [6.45, 7) is 4.64. The summed E-state index contributed by atoms with van der Waals surface area (Å²) in [5.41, 5.74) is 8.60. The molecular weight excluding hydrogens is 352 g/mol. The second-order valence-corrected chi connectivity index (χ2v) is 6.18. The molecule has 3 N–H and O–H groups in total. The summed E-state index contributed by atoms with van der Waals surface area (Å²) in [7, 11) is 1.65. The molecule has 0 spiro atoms. The van der Waals surface area contributed by atoms with E-state index >= 15 is 0 Å². The first kappa shape index (κ1) is 22.0. The van der Waals surface area contributed by atoms with Crippen molar-refractivity contribution in [2.24, 2.45) is 11.7 Å². The van der Waals surface area contributed by atoms with E-state index in [0.717, 1.165) is 22.6 Å². The molecule has 0 fully saturated rings. The second kappa shape index (κ2) is 10.8. The van der Waals surface area contributed by atoms with E-state index in [-0.39, 0.29) is 30.3 Å². The first-order valence-corrected chi connectivity index (χ1v) is 8.35.